The van der Waals surface area contributed by atoms with E-state index in [4.69, 9.17) is 28.4 Å². The summed E-state index contributed by atoms with van der Waals surface area (Å²) < 4.78 is 34.7. The van der Waals surface area contributed by atoms with Crippen LogP contribution >= 0.6 is 0 Å². The lowest BCUT2D eigenvalue weighted by Crippen LogP contribution is -2.68. The van der Waals surface area contributed by atoms with Crippen molar-refractivity contribution in [3.63, 3.8) is 0 Å². The minimum atomic E-state index is -2.08. The number of allylic oxidation sites excluding steroid dienone is 2. The molecule has 0 spiro atoms. The van der Waals surface area contributed by atoms with E-state index in [9.17, 15) is 70.6 Å². The van der Waals surface area contributed by atoms with Crippen molar-refractivity contribution >= 4 is 23.7 Å². The fourth-order valence-electron chi connectivity index (χ4n) is 14.8. The number of aliphatic hydroxyl groups excluding tert-OH is 9. The summed E-state index contributed by atoms with van der Waals surface area (Å²) >= 11 is 0. The Bertz CT molecular complexity index is 2050. The van der Waals surface area contributed by atoms with E-state index in [1.54, 1.807) is 6.92 Å². The highest BCUT2D eigenvalue weighted by atomic mass is 16.8. The molecule has 0 radical (unpaired) electrons. The first-order valence-electron chi connectivity index (χ1n) is 24.3. The molecule has 3 aliphatic heterocycles. The van der Waals surface area contributed by atoms with E-state index < -0.39 is 156 Å². The topological polar surface area (TPSA) is 346 Å². The Morgan fingerprint density at radius 1 is 0.652 bits per heavy atom. The lowest BCUT2D eigenvalue weighted by atomic mass is 9.33. The number of rotatable bonds is 9. The van der Waals surface area contributed by atoms with Crippen molar-refractivity contribution < 1.29 is 104 Å². The van der Waals surface area contributed by atoms with Crippen molar-refractivity contribution in [2.24, 2.45) is 50.2 Å². The van der Waals surface area contributed by atoms with Crippen molar-refractivity contribution in [3.05, 3.63) is 11.6 Å². The van der Waals surface area contributed by atoms with Crippen LogP contribution in [0.25, 0.3) is 0 Å². The third-order valence-electron chi connectivity index (χ3n) is 19.3. The molecule has 0 aromatic carbocycles. The van der Waals surface area contributed by atoms with E-state index in [1.807, 2.05) is 19.9 Å². The molecule has 8 aliphatic rings. The fraction of sp³-hybridized carbons (Fsp3) is 0.875. The van der Waals surface area contributed by atoms with Crippen LogP contribution in [0.2, 0.25) is 0 Å². The molecule has 21 heteroatoms. The minimum Gasteiger partial charge on any atom is -0.479 e. The number of fused-ring (bicyclic) bond motifs is 7. The number of hydrogen-bond donors (Lipinski definition) is 11. The monoisotopic (exact) mass is 984 g/mol. The molecule has 3 heterocycles. The van der Waals surface area contributed by atoms with Crippen LogP contribution in [0, 0.1) is 50.2 Å². The standard InChI is InChI=1S/C48H72O21/c1-43(2)23-8-11-48(7)36(21(50)16-19-20-17-45(4,13-12-44(20,3)14-15-47(19,48)6)42(63)69-39-31(57)26(52)25(51)22(18-49)64-39)46(23,5)10-9-24(43)65-41-35(30(56)29(55)34(67-41)38(61)62)68-40-32(58)27(53)28(54)33(66-40)37(59)60/h16,20,22-36,39-41,49,51-58H,8-15,17-18H2,1-7H3,(H,59,60)(H,61,62)/t20-,22-,23-,24+,25-,26+,27+,28+,29-,30-,31-,32-,33+,34-,35+,36-,39+,40+,41+,44+,45-,46+,47-,48-/m0/s1. The van der Waals surface area contributed by atoms with E-state index in [1.165, 1.54) is 0 Å². The molecule has 21 nitrogen and oxygen atoms in total. The Kier molecular flexibility index (Phi) is 13.7. The van der Waals surface area contributed by atoms with Crippen molar-refractivity contribution in [3.8, 4) is 0 Å². The molecule has 3 saturated heterocycles. The summed E-state index contributed by atoms with van der Waals surface area (Å²) in [5.41, 5.74) is -2.69. The quantitative estimate of drug-likeness (QED) is 0.102. The van der Waals surface area contributed by atoms with Crippen LogP contribution in [-0.2, 0) is 47.6 Å². The van der Waals surface area contributed by atoms with Crippen molar-refractivity contribution in [1.82, 2.24) is 0 Å². The molecule has 69 heavy (non-hydrogen) atoms. The van der Waals surface area contributed by atoms with Crippen molar-refractivity contribution in [1.29, 1.82) is 0 Å². The van der Waals surface area contributed by atoms with Crippen LogP contribution in [0.5, 0.6) is 0 Å². The maximum atomic E-state index is 15.2. The number of carbonyl (C=O) groups excluding carboxylic acids is 2. The van der Waals surface area contributed by atoms with Gasteiger partial charge in [0.2, 0.25) is 6.29 Å². The SMILES string of the molecule is CC1(C)[C@H](O[C@@H]2O[C@H](C(=O)O)[C@@H](O)[C@H](O)[C@H]2O[C@H]2O[C@@H](C(=O)O)[C@H](O)[C@@H](O)[C@@H]2O)CC[C@]2(C)[C@H]1CC[C@@]1(C)[C@H]2C(=O)C=C2[C@@H]3C[C@@](C)(C(=O)O[C@H]4O[C@@H](CO)[C@H](O)[C@@H](O)[C@@H]4O)CC[C@]3(C)CC[C@@]21C. The molecule has 0 amide bonds. The molecular weight excluding hydrogens is 913 g/mol. The second-order valence-corrected chi connectivity index (χ2v) is 23.4. The number of carboxylic acid groups (broad SMARTS) is 2. The average molecular weight is 985 g/mol. The summed E-state index contributed by atoms with van der Waals surface area (Å²) in [6.07, 6.45) is -21.6. The summed E-state index contributed by atoms with van der Waals surface area (Å²) in [6.45, 7) is 13.9. The van der Waals surface area contributed by atoms with Crippen LogP contribution in [0.1, 0.15) is 106 Å². The van der Waals surface area contributed by atoms with Gasteiger partial charge in [0.05, 0.1) is 18.1 Å². The Morgan fingerprint density at radius 3 is 1.86 bits per heavy atom. The highest BCUT2D eigenvalue weighted by molar-refractivity contribution is 5.95. The van der Waals surface area contributed by atoms with Gasteiger partial charge in [0, 0.05) is 5.92 Å². The van der Waals surface area contributed by atoms with Crippen LogP contribution in [-0.4, -0.2) is 185 Å². The fourth-order valence-corrected chi connectivity index (χ4v) is 14.8. The first-order chi connectivity index (χ1) is 32.0. The summed E-state index contributed by atoms with van der Waals surface area (Å²) in [7, 11) is 0. The van der Waals surface area contributed by atoms with Crippen molar-refractivity contribution in [2.45, 2.75) is 204 Å². The molecule has 0 bridgehead atoms. The molecular formula is C48H72O21. The highest BCUT2D eigenvalue weighted by Crippen LogP contribution is 2.75. The van der Waals surface area contributed by atoms with Gasteiger partial charge < -0.3 is 84.6 Å². The van der Waals surface area contributed by atoms with Gasteiger partial charge in [-0.1, -0.05) is 47.1 Å². The molecule has 4 saturated carbocycles. The van der Waals surface area contributed by atoms with Crippen LogP contribution < -0.4 is 0 Å². The Morgan fingerprint density at radius 2 is 1.23 bits per heavy atom. The molecule has 11 N–H and O–H groups in total. The number of ketones is 1. The smallest absolute Gasteiger partial charge is 0.335 e. The molecule has 8 rings (SSSR count). The van der Waals surface area contributed by atoms with E-state index in [0.29, 0.717) is 44.9 Å². The molecule has 7 fully saturated rings. The zero-order valence-electron chi connectivity index (χ0n) is 40.1. The molecule has 390 valence electrons. The third kappa shape index (κ3) is 8.13. The number of aliphatic carboxylic acids is 2. The van der Waals surface area contributed by atoms with Gasteiger partial charge in [-0.05, 0) is 110 Å². The summed E-state index contributed by atoms with van der Waals surface area (Å²) in [5.74, 6) is -4.80. The highest BCUT2D eigenvalue weighted by Gasteiger charge is 2.71. The number of carbonyl (C=O) groups is 4. The predicted molar refractivity (Wildman–Crippen MR) is 232 cm³/mol. The predicted octanol–water partition coefficient (Wildman–Crippen LogP) is -0.496. The van der Waals surface area contributed by atoms with Gasteiger partial charge in [0.15, 0.2) is 30.6 Å². The van der Waals surface area contributed by atoms with E-state index in [2.05, 4.69) is 27.7 Å². The van der Waals surface area contributed by atoms with Crippen molar-refractivity contribution in [2.75, 3.05) is 6.61 Å². The molecule has 5 aliphatic carbocycles. The largest absolute Gasteiger partial charge is 0.479 e. The summed E-state index contributed by atoms with van der Waals surface area (Å²) in [5, 5.41) is 114. The number of ether oxygens (including phenoxy) is 6. The maximum Gasteiger partial charge on any atom is 0.335 e. The number of carboxylic acids is 2. The van der Waals surface area contributed by atoms with Crippen LogP contribution in [0.15, 0.2) is 11.6 Å². The molecule has 24 atom stereocenters. The summed E-state index contributed by atoms with van der Waals surface area (Å²) in [6, 6.07) is 0. The number of hydrogen-bond acceptors (Lipinski definition) is 19. The van der Waals surface area contributed by atoms with Crippen LogP contribution in [0.3, 0.4) is 0 Å². The average Bonchev–Trinajstić information content (AvgIpc) is 3.27. The first kappa shape index (κ1) is 52.6. The van der Waals surface area contributed by atoms with Gasteiger partial charge in [0.25, 0.3) is 0 Å². The van der Waals surface area contributed by atoms with Gasteiger partial charge in [-0.3, -0.25) is 9.59 Å². The second kappa shape index (κ2) is 18.0. The van der Waals surface area contributed by atoms with Gasteiger partial charge in [-0.15, -0.1) is 0 Å². The van der Waals surface area contributed by atoms with Crippen LogP contribution in [0.4, 0.5) is 0 Å². The number of esters is 1. The Hall–Kier alpha value is -2.74. The lowest BCUT2D eigenvalue weighted by molar-refractivity contribution is -0.371. The van der Waals surface area contributed by atoms with Gasteiger partial charge >= 0.3 is 17.9 Å². The molecule has 0 unspecified atom stereocenters. The Balaban J connectivity index is 1.04. The lowest BCUT2D eigenvalue weighted by Gasteiger charge is -2.70. The first-order valence-corrected chi connectivity index (χ1v) is 24.3. The number of aliphatic hydroxyl groups is 9. The summed E-state index contributed by atoms with van der Waals surface area (Å²) in [4.78, 5) is 53.4. The third-order valence-corrected chi connectivity index (χ3v) is 19.3. The van der Waals surface area contributed by atoms with Gasteiger partial charge in [-0.2, -0.15) is 0 Å². The second-order valence-electron chi connectivity index (χ2n) is 23.4. The molecule has 0 aromatic heterocycles. The van der Waals surface area contributed by atoms with E-state index in [0.717, 1.165) is 18.4 Å². The van der Waals surface area contributed by atoms with Gasteiger partial charge in [-0.25, -0.2) is 9.59 Å². The van der Waals surface area contributed by atoms with Gasteiger partial charge in [0.1, 0.15) is 61.0 Å². The Labute approximate surface area is 399 Å². The molecule has 0 aromatic rings. The van der Waals surface area contributed by atoms with E-state index >= 15 is 4.79 Å². The normalized spacial score (nSPS) is 52.8. The maximum absolute atomic E-state index is 15.2. The zero-order chi connectivity index (χ0) is 50.9. The minimum absolute atomic E-state index is 0.0173. The van der Waals surface area contributed by atoms with E-state index in [-0.39, 0.29) is 23.0 Å². The zero-order valence-corrected chi connectivity index (χ0v) is 40.1.